The molecule has 0 aliphatic carbocycles. The highest BCUT2D eigenvalue weighted by molar-refractivity contribution is 5.18. The average Bonchev–Trinajstić information content (AvgIpc) is 2.68. The quantitative estimate of drug-likeness (QED) is 0.838. The van der Waals surface area contributed by atoms with E-state index in [0.717, 1.165) is 6.07 Å². The molecule has 0 amide bonds. The molecule has 0 saturated carbocycles. The van der Waals surface area contributed by atoms with Crippen LogP contribution in [0.25, 0.3) is 0 Å². The zero-order valence-electron chi connectivity index (χ0n) is 10.2. The van der Waals surface area contributed by atoms with E-state index in [0.29, 0.717) is 30.4 Å². The van der Waals surface area contributed by atoms with Crippen molar-refractivity contribution in [2.45, 2.75) is 20.0 Å². The maximum absolute atomic E-state index is 13.4. The zero-order valence-corrected chi connectivity index (χ0v) is 10.2. The van der Waals surface area contributed by atoms with Gasteiger partial charge >= 0.3 is 0 Å². The predicted molar refractivity (Wildman–Crippen MR) is 60.6 cm³/mol. The molecular formula is C12H13F2N3O. The van der Waals surface area contributed by atoms with Crippen LogP contribution in [0, 0.1) is 18.6 Å². The number of nitrogens with zero attached hydrogens (tertiary/aromatic N) is 3. The standard InChI is InChI=1S/C12H13F2N3O/c1-8-15-12(18-16-8)7-17(2)6-9-3-4-10(13)5-11(9)14/h3-5H,6-7H2,1-2H3. The van der Waals surface area contributed by atoms with Crippen LogP contribution < -0.4 is 0 Å². The summed E-state index contributed by atoms with van der Waals surface area (Å²) in [6, 6.07) is 3.54. The maximum atomic E-state index is 13.4. The molecule has 1 aromatic carbocycles. The summed E-state index contributed by atoms with van der Waals surface area (Å²) in [6.07, 6.45) is 0. The molecule has 4 nitrogen and oxygen atoms in total. The number of rotatable bonds is 4. The lowest BCUT2D eigenvalue weighted by Crippen LogP contribution is -2.18. The van der Waals surface area contributed by atoms with Gasteiger partial charge in [-0.05, 0) is 20.0 Å². The SMILES string of the molecule is Cc1noc(CN(C)Cc2ccc(F)cc2F)n1. The molecule has 0 bridgehead atoms. The number of hydrogen-bond acceptors (Lipinski definition) is 4. The van der Waals surface area contributed by atoms with E-state index in [9.17, 15) is 8.78 Å². The normalized spacial score (nSPS) is 11.2. The van der Waals surface area contributed by atoms with Gasteiger partial charge in [-0.1, -0.05) is 11.2 Å². The van der Waals surface area contributed by atoms with Crippen LogP contribution in [0.1, 0.15) is 17.3 Å². The van der Waals surface area contributed by atoms with Gasteiger partial charge in [-0.15, -0.1) is 0 Å². The van der Waals surface area contributed by atoms with Crippen molar-refractivity contribution in [2.75, 3.05) is 7.05 Å². The van der Waals surface area contributed by atoms with E-state index in [1.54, 1.807) is 14.0 Å². The van der Waals surface area contributed by atoms with Gasteiger partial charge in [-0.2, -0.15) is 4.98 Å². The number of hydrogen-bond donors (Lipinski definition) is 0. The third-order valence-electron chi connectivity index (χ3n) is 2.43. The Morgan fingerprint density at radius 3 is 2.67 bits per heavy atom. The Hall–Kier alpha value is -1.82. The fourth-order valence-electron chi connectivity index (χ4n) is 1.63. The minimum atomic E-state index is -0.577. The minimum Gasteiger partial charge on any atom is -0.338 e. The van der Waals surface area contributed by atoms with E-state index < -0.39 is 11.6 Å². The lowest BCUT2D eigenvalue weighted by Gasteiger charge is -2.14. The second-order valence-electron chi connectivity index (χ2n) is 4.14. The molecule has 18 heavy (non-hydrogen) atoms. The molecule has 2 rings (SSSR count). The van der Waals surface area contributed by atoms with Crippen LogP contribution in [0.3, 0.4) is 0 Å². The summed E-state index contributed by atoms with van der Waals surface area (Å²) in [5.74, 6) is -0.0983. The van der Waals surface area contributed by atoms with Crippen molar-refractivity contribution < 1.29 is 13.3 Å². The average molecular weight is 253 g/mol. The summed E-state index contributed by atoms with van der Waals surface area (Å²) in [5, 5.41) is 3.67. The molecule has 1 aromatic heterocycles. The summed E-state index contributed by atoms with van der Waals surface area (Å²) < 4.78 is 31.1. The Labute approximate surface area is 103 Å². The largest absolute Gasteiger partial charge is 0.338 e. The Kier molecular flexibility index (Phi) is 3.66. The van der Waals surface area contributed by atoms with Gasteiger partial charge in [0.15, 0.2) is 5.82 Å². The Bertz CT molecular complexity index is 542. The van der Waals surface area contributed by atoms with E-state index in [2.05, 4.69) is 10.1 Å². The zero-order chi connectivity index (χ0) is 13.1. The van der Waals surface area contributed by atoms with Gasteiger partial charge in [-0.3, -0.25) is 4.90 Å². The topological polar surface area (TPSA) is 42.2 Å². The number of halogens is 2. The van der Waals surface area contributed by atoms with Crippen molar-refractivity contribution in [2.24, 2.45) is 0 Å². The molecule has 96 valence electrons. The van der Waals surface area contributed by atoms with Gasteiger partial charge in [0, 0.05) is 18.2 Å². The molecule has 0 saturated heterocycles. The van der Waals surface area contributed by atoms with Crippen molar-refractivity contribution >= 4 is 0 Å². The monoisotopic (exact) mass is 253 g/mol. The molecule has 6 heteroatoms. The van der Waals surface area contributed by atoms with Gasteiger partial charge in [-0.25, -0.2) is 8.78 Å². The molecule has 0 aliphatic rings. The third-order valence-corrected chi connectivity index (χ3v) is 2.43. The Balaban J connectivity index is 2.00. The molecular weight excluding hydrogens is 240 g/mol. The molecule has 0 atom stereocenters. The van der Waals surface area contributed by atoms with Crippen LogP contribution >= 0.6 is 0 Å². The lowest BCUT2D eigenvalue weighted by molar-refractivity contribution is 0.257. The highest BCUT2D eigenvalue weighted by atomic mass is 19.1. The summed E-state index contributed by atoms with van der Waals surface area (Å²) in [5.41, 5.74) is 0.426. The molecule has 0 aliphatic heterocycles. The molecule has 0 spiro atoms. The van der Waals surface area contributed by atoms with E-state index in [-0.39, 0.29) is 0 Å². The molecule has 1 heterocycles. The van der Waals surface area contributed by atoms with Crippen molar-refractivity contribution in [3.63, 3.8) is 0 Å². The van der Waals surface area contributed by atoms with Crippen LogP contribution in [0.2, 0.25) is 0 Å². The smallest absolute Gasteiger partial charge is 0.240 e. The fraction of sp³-hybridized carbons (Fsp3) is 0.333. The van der Waals surface area contributed by atoms with Gasteiger partial charge in [0.25, 0.3) is 0 Å². The molecule has 0 unspecified atom stereocenters. The third kappa shape index (κ3) is 3.10. The van der Waals surface area contributed by atoms with Gasteiger partial charge in [0.05, 0.1) is 6.54 Å². The Morgan fingerprint density at radius 1 is 1.28 bits per heavy atom. The number of aryl methyl sites for hydroxylation is 1. The number of aromatic nitrogens is 2. The number of benzene rings is 1. The summed E-state index contributed by atoms with van der Waals surface area (Å²) in [7, 11) is 1.79. The highest BCUT2D eigenvalue weighted by Crippen LogP contribution is 2.12. The highest BCUT2D eigenvalue weighted by Gasteiger charge is 2.10. The summed E-state index contributed by atoms with van der Waals surface area (Å²) in [4.78, 5) is 5.86. The van der Waals surface area contributed by atoms with Crippen LogP contribution in [-0.4, -0.2) is 22.1 Å². The van der Waals surface area contributed by atoms with E-state index in [1.807, 2.05) is 4.90 Å². The van der Waals surface area contributed by atoms with Crippen molar-refractivity contribution in [1.82, 2.24) is 15.0 Å². The maximum Gasteiger partial charge on any atom is 0.240 e. The Morgan fingerprint density at radius 2 is 2.06 bits per heavy atom. The van der Waals surface area contributed by atoms with Gasteiger partial charge in [0.1, 0.15) is 11.6 Å². The minimum absolute atomic E-state index is 0.341. The van der Waals surface area contributed by atoms with Crippen LogP contribution in [0.5, 0.6) is 0 Å². The summed E-state index contributed by atoms with van der Waals surface area (Å²) >= 11 is 0. The molecule has 0 N–H and O–H groups in total. The first-order valence-corrected chi connectivity index (χ1v) is 5.46. The molecule has 0 radical (unpaired) electrons. The van der Waals surface area contributed by atoms with Crippen LogP contribution in [-0.2, 0) is 13.1 Å². The van der Waals surface area contributed by atoms with E-state index >= 15 is 0 Å². The first-order valence-electron chi connectivity index (χ1n) is 5.46. The molecule has 2 aromatic rings. The molecule has 0 fully saturated rings. The van der Waals surface area contributed by atoms with Crippen molar-refractivity contribution in [3.8, 4) is 0 Å². The van der Waals surface area contributed by atoms with Gasteiger partial charge < -0.3 is 4.52 Å². The van der Waals surface area contributed by atoms with E-state index in [1.165, 1.54) is 12.1 Å². The first-order chi connectivity index (χ1) is 8.54. The second-order valence-corrected chi connectivity index (χ2v) is 4.14. The van der Waals surface area contributed by atoms with Crippen LogP contribution in [0.4, 0.5) is 8.78 Å². The first kappa shape index (κ1) is 12.6. The second kappa shape index (κ2) is 5.22. The lowest BCUT2D eigenvalue weighted by atomic mass is 10.2. The van der Waals surface area contributed by atoms with Crippen molar-refractivity contribution in [1.29, 1.82) is 0 Å². The summed E-state index contributed by atoms with van der Waals surface area (Å²) in [6.45, 7) is 2.48. The predicted octanol–water partition coefficient (Wildman–Crippen LogP) is 2.29. The van der Waals surface area contributed by atoms with E-state index in [4.69, 9.17) is 4.52 Å². The fourth-order valence-corrected chi connectivity index (χ4v) is 1.63. The van der Waals surface area contributed by atoms with Gasteiger partial charge in [0.2, 0.25) is 5.89 Å². The van der Waals surface area contributed by atoms with Crippen molar-refractivity contribution in [3.05, 3.63) is 47.1 Å². The van der Waals surface area contributed by atoms with Crippen LogP contribution in [0.15, 0.2) is 22.7 Å².